The van der Waals surface area contributed by atoms with E-state index in [1.807, 2.05) is 24.5 Å². The fourth-order valence-corrected chi connectivity index (χ4v) is 3.22. The number of nitrogens with one attached hydrogen (secondary N) is 1. The summed E-state index contributed by atoms with van der Waals surface area (Å²) in [6.45, 7) is 2.06. The van der Waals surface area contributed by atoms with E-state index in [2.05, 4.69) is 41.1 Å². The molecule has 1 aromatic heterocycles. The first kappa shape index (κ1) is 14.9. The van der Waals surface area contributed by atoms with Crippen molar-refractivity contribution in [3.8, 4) is 5.69 Å². The second kappa shape index (κ2) is 6.82. The summed E-state index contributed by atoms with van der Waals surface area (Å²) >= 11 is 0. The van der Waals surface area contributed by atoms with Gasteiger partial charge >= 0.3 is 0 Å². The van der Waals surface area contributed by atoms with Gasteiger partial charge in [-0.1, -0.05) is 31.4 Å². The Morgan fingerprint density at radius 1 is 1.09 bits per heavy atom. The highest BCUT2D eigenvalue weighted by Gasteiger charge is 2.22. The molecule has 1 N–H and O–H groups in total. The van der Waals surface area contributed by atoms with Crippen LogP contribution in [0.3, 0.4) is 0 Å². The van der Waals surface area contributed by atoms with E-state index in [1.165, 1.54) is 19.3 Å². The maximum absolute atomic E-state index is 12.3. The van der Waals surface area contributed by atoms with Gasteiger partial charge in [-0.25, -0.2) is 0 Å². The quantitative estimate of drug-likeness (QED) is 0.900. The van der Waals surface area contributed by atoms with Gasteiger partial charge in [-0.05, 0) is 49.6 Å². The van der Waals surface area contributed by atoms with Gasteiger partial charge in [0.2, 0.25) is 5.91 Å². The van der Waals surface area contributed by atoms with Crippen molar-refractivity contribution >= 4 is 5.91 Å². The van der Waals surface area contributed by atoms with Crippen LogP contribution in [0.25, 0.3) is 5.69 Å². The number of benzene rings is 1. The SMILES string of the molecule is CC(NC(=O)C1CCCCC1)c1ccc(-n2cccc2)cc1. The minimum atomic E-state index is 0.0631. The smallest absolute Gasteiger partial charge is 0.223 e. The number of carbonyl (C=O) groups excluding carboxylic acids is 1. The summed E-state index contributed by atoms with van der Waals surface area (Å²) in [7, 11) is 0. The lowest BCUT2D eigenvalue weighted by Gasteiger charge is -2.23. The van der Waals surface area contributed by atoms with Crippen molar-refractivity contribution in [3.63, 3.8) is 0 Å². The summed E-state index contributed by atoms with van der Waals surface area (Å²) in [6, 6.07) is 12.5. The van der Waals surface area contributed by atoms with Gasteiger partial charge < -0.3 is 9.88 Å². The molecule has 3 rings (SSSR count). The molecule has 1 aromatic carbocycles. The molecular weight excluding hydrogens is 272 g/mol. The van der Waals surface area contributed by atoms with E-state index in [0.717, 1.165) is 24.1 Å². The monoisotopic (exact) mass is 296 g/mol. The molecule has 1 aliphatic rings. The van der Waals surface area contributed by atoms with Crippen LogP contribution in [0.1, 0.15) is 50.6 Å². The summed E-state index contributed by atoms with van der Waals surface area (Å²) in [4.78, 5) is 12.3. The van der Waals surface area contributed by atoms with Crippen LogP contribution < -0.4 is 5.32 Å². The average Bonchev–Trinajstić information content (AvgIpc) is 3.10. The predicted octanol–water partition coefficient (Wildman–Crippen LogP) is 4.23. The topological polar surface area (TPSA) is 34.0 Å². The lowest BCUT2D eigenvalue weighted by atomic mass is 9.88. The molecule has 1 saturated carbocycles. The van der Waals surface area contributed by atoms with Crippen molar-refractivity contribution < 1.29 is 4.79 Å². The third-order valence-corrected chi connectivity index (χ3v) is 4.63. The summed E-state index contributed by atoms with van der Waals surface area (Å²) < 4.78 is 2.08. The molecule has 116 valence electrons. The molecule has 1 fully saturated rings. The van der Waals surface area contributed by atoms with Crippen LogP contribution in [0.4, 0.5) is 0 Å². The van der Waals surface area contributed by atoms with E-state index in [0.29, 0.717) is 0 Å². The number of aromatic nitrogens is 1. The molecule has 1 aliphatic carbocycles. The van der Waals surface area contributed by atoms with E-state index in [1.54, 1.807) is 0 Å². The molecule has 3 nitrogen and oxygen atoms in total. The first-order valence-electron chi connectivity index (χ1n) is 8.28. The van der Waals surface area contributed by atoms with E-state index in [4.69, 9.17) is 0 Å². The lowest BCUT2D eigenvalue weighted by molar-refractivity contribution is -0.126. The summed E-state index contributed by atoms with van der Waals surface area (Å²) in [5.74, 6) is 0.442. The van der Waals surface area contributed by atoms with E-state index in [-0.39, 0.29) is 17.9 Å². The van der Waals surface area contributed by atoms with E-state index < -0.39 is 0 Å². The molecule has 22 heavy (non-hydrogen) atoms. The van der Waals surface area contributed by atoms with Crippen molar-refractivity contribution in [2.45, 2.75) is 45.1 Å². The number of carbonyl (C=O) groups is 1. The Balaban J connectivity index is 1.62. The van der Waals surface area contributed by atoms with Crippen LogP contribution in [-0.2, 0) is 4.79 Å². The molecule has 1 unspecified atom stereocenters. The van der Waals surface area contributed by atoms with Crippen LogP contribution in [0.5, 0.6) is 0 Å². The van der Waals surface area contributed by atoms with Crippen molar-refractivity contribution in [3.05, 3.63) is 54.4 Å². The van der Waals surface area contributed by atoms with Gasteiger partial charge in [0.1, 0.15) is 0 Å². The Labute approximate surface area is 132 Å². The lowest BCUT2D eigenvalue weighted by Crippen LogP contribution is -2.33. The van der Waals surface area contributed by atoms with Gasteiger partial charge in [0.15, 0.2) is 0 Å². The normalized spacial score (nSPS) is 17.1. The van der Waals surface area contributed by atoms with Crippen molar-refractivity contribution in [2.24, 2.45) is 5.92 Å². The average molecular weight is 296 g/mol. The van der Waals surface area contributed by atoms with Crippen molar-refractivity contribution in [1.82, 2.24) is 9.88 Å². The second-order valence-electron chi connectivity index (χ2n) is 6.25. The zero-order chi connectivity index (χ0) is 15.4. The maximum atomic E-state index is 12.3. The highest BCUT2D eigenvalue weighted by molar-refractivity contribution is 5.79. The molecular formula is C19H24N2O. The molecule has 0 radical (unpaired) electrons. The Morgan fingerprint density at radius 3 is 2.36 bits per heavy atom. The predicted molar refractivity (Wildman–Crippen MR) is 88.9 cm³/mol. The van der Waals surface area contributed by atoms with Crippen LogP contribution in [0.2, 0.25) is 0 Å². The number of nitrogens with zero attached hydrogens (tertiary/aromatic N) is 1. The standard InChI is InChI=1S/C19H24N2O/c1-15(20-19(22)17-7-3-2-4-8-17)16-9-11-18(12-10-16)21-13-5-6-14-21/h5-6,9-15,17H,2-4,7-8H2,1H3,(H,20,22). The third-order valence-electron chi connectivity index (χ3n) is 4.63. The molecule has 1 atom stereocenters. The minimum Gasteiger partial charge on any atom is -0.349 e. The fraction of sp³-hybridized carbons (Fsp3) is 0.421. The Morgan fingerprint density at radius 2 is 1.73 bits per heavy atom. The molecule has 0 spiro atoms. The first-order valence-corrected chi connectivity index (χ1v) is 8.28. The zero-order valence-electron chi connectivity index (χ0n) is 13.2. The number of rotatable bonds is 4. The molecule has 0 aliphatic heterocycles. The molecule has 2 aromatic rings. The van der Waals surface area contributed by atoms with Crippen LogP contribution >= 0.6 is 0 Å². The van der Waals surface area contributed by atoms with E-state index in [9.17, 15) is 4.79 Å². The zero-order valence-corrected chi connectivity index (χ0v) is 13.2. The molecule has 1 amide bonds. The van der Waals surface area contributed by atoms with Gasteiger partial charge in [-0.2, -0.15) is 0 Å². The van der Waals surface area contributed by atoms with Crippen LogP contribution in [0.15, 0.2) is 48.8 Å². The van der Waals surface area contributed by atoms with Crippen molar-refractivity contribution in [1.29, 1.82) is 0 Å². The molecule has 3 heteroatoms. The second-order valence-corrected chi connectivity index (χ2v) is 6.25. The maximum Gasteiger partial charge on any atom is 0.223 e. The molecule has 0 saturated heterocycles. The number of hydrogen-bond donors (Lipinski definition) is 1. The highest BCUT2D eigenvalue weighted by Crippen LogP contribution is 2.25. The number of hydrogen-bond acceptors (Lipinski definition) is 1. The van der Waals surface area contributed by atoms with Gasteiger partial charge in [-0.3, -0.25) is 4.79 Å². The first-order chi connectivity index (χ1) is 10.7. The van der Waals surface area contributed by atoms with Gasteiger partial charge in [0, 0.05) is 24.0 Å². The third kappa shape index (κ3) is 3.41. The van der Waals surface area contributed by atoms with Gasteiger partial charge in [0.25, 0.3) is 0 Å². The van der Waals surface area contributed by atoms with Crippen LogP contribution in [0, 0.1) is 5.92 Å². The molecule has 1 heterocycles. The van der Waals surface area contributed by atoms with Gasteiger partial charge in [0.05, 0.1) is 6.04 Å². The summed E-state index contributed by atoms with van der Waals surface area (Å²) in [5.41, 5.74) is 2.29. The Bertz CT molecular complexity index is 595. The minimum absolute atomic E-state index is 0.0631. The Kier molecular flexibility index (Phi) is 4.62. The number of amides is 1. The van der Waals surface area contributed by atoms with Gasteiger partial charge in [-0.15, -0.1) is 0 Å². The summed E-state index contributed by atoms with van der Waals surface area (Å²) in [6.07, 6.45) is 9.82. The Hall–Kier alpha value is -2.03. The van der Waals surface area contributed by atoms with Crippen molar-refractivity contribution in [2.75, 3.05) is 0 Å². The highest BCUT2D eigenvalue weighted by atomic mass is 16.1. The summed E-state index contributed by atoms with van der Waals surface area (Å²) in [5, 5.41) is 3.17. The molecule has 0 bridgehead atoms. The van der Waals surface area contributed by atoms with E-state index >= 15 is 0 Å². The van der Waals surface area contributed by atoms with Crippen LogP contribution in [-0.4, -0.2) is 10.5 Å². The largest absolute Gasteiger partial charge is 0.349 e. The fourth-order valence-electron chi connectivity index (χ4n) is 3.22.